The average Bonchev–Trinajstić information content (AvgIpc) is 3.27. The van der Waals surface area contributed by atoms with Gasteiger partial charge in [-0.05, 0) is 60.7 Å². The molecule has 0 aliphatic rings. The van der Waals surface area contributed by atoms with Crippen LogP contribution in [0.2, 0.25) is 0 Å². The van der Waals surface area contributed by atoms with Crippen molar-refractivity contribution in [2.24, 2.45) is 30.7 Å². The molecule has 39 heteroatoms. The number of aromatic hydroxyl groups is 1. The van der Waals surface area contributed by atoms with E-state index in [1.165, 1.54) is 19.2 Å². The van der Waals surface area contributed by atoms with Crippen LogP contribution in [0.1, 0.15) is 6.92 Å². The highest BCUT2D eigenvalue weighted by molar-refractivity contribution is 7.92. The fraction of sp³-hybridized carbons (Fsp3) is 0.194. The summed E-state index contributed by atoms with van der Waals surface area (Å²) < 4.78 is 231. The van der Waals surface area contributed by atoms with Crippen molar-refractivity contribution in [3.8, 4) is 11.5 Å². The lowest BCUT2D eigenvalue weighted by molar-refractivity contribution is -0.114. The molecule has 0 saturated heterocycles. The number of sulfone groups is 2. The van der Waals surface area contributed by atoms with Crippen LogP contribution < -0.4 is 15.4 Å². The molecular weight excluding hydrogens is 1150 g/mol. The first kappa shape index (κ1) is 59.3. The molecule has 0 spiro atoms. The third-order valence-electron chi connectivity index (χ3n) is 9.45. The molecule has 8 N–H and O–H groups in total. The highest BCUT2D eigenvalue weighted by atomic mass is 32.3. The number of fused-ring (bicyclic) bond motifs is 1. The fourth-order valence-electron chi connectivity index (χ4n) is 6.18. The summed E-state index contributed by atoms with van der Waals surface area (Å²) in [4.78, 5) is 7.33. The number of azo groups is 3. The van der Waals surface area contributed by atoms with Crippen LogP contribution in [0, 0.1) is 0 Å². The van der Waals surface area contributed by atoms with Crippen molar-refractivity contribution in [1.29, 1.82) is 0 Å². The molecule has 5 rings (SSSR count). The van der Waals surface area contributed by atoms with Crippen LogP contribution in [0.3, 0.4) is 0 Å². The molecule has 0 radical (unpaired) electrons. The summed E-state index contributed by atoms with van der Waals surface area (Å²) in [5, 5.41) is 39.2. The Kier molecular flexibility index (Phi) is 17.6. The molecule has 5 aromatic rings. The summed E-state index contributed by atoms with van der Waals surface area (Å²) in [5.41, 5.74) is -3.71. The van der Waals surface area contributed by atoms with E-state index in [2.05, 4.69) is 49.7 Å². The molecular formula is C36H36N8O24S7. The Morgan fingerprint density at radius 2 is 0.973 bits per heavy atom. The van der Waals surface area contributed by atoms with Gasteiger partial charge in [-0.2, -0.15) is 42.1 Å². The van der Waals surface area contributed by atoms with E-state index in [1.807, 2.05) is 0 Å². The van der Waals surface area contributed by atoms with E-state index in [4.69, 9.17) is 13.8 Å². The quantitative estimate of drug-likeness (QED) is 0.0343. The average molecular weight is 1190 g/mol. The molecule has 0 fully saturated rings. The Morgan fingerprint density at radius 3 is 1.41 bits per heavy atom. The van der Waals surface area contributed by atoms with Crippen molar-refractivity contribution in [3.05, 3.63) is 66.7 Å². The molecule has 0 aromatic heterocycles. The summed E-state index contributed by atoms with van der Waals surface area (Å²) in [7, 11) is -32.8. The Labute approximate surface area is 425 Å². The number of methoxy groups -OCH3 is 1. The molecule has 0 aliphatic carbocycles. The number of anilines is 2. The van der Waals surface area contributed by atoms with Gasteiger partial charge in [0.25, 0.3) is 30.4 Å². The van der Waals surface area contributed by atoms with Crippen LogP contribution in [0.25, 0.3) is 10.8 Å². The maximum atomic E-state index is 12.9. The van der Waals surface area contributed by atoms with Crippen LogP contribution in [-0.4, -0.2) is 132 Å². The van der Waals surface area contributed by atoms with Crippen molar-refractivity contribution >= 4 is 133 Å². The first-order valence-electron chi connectivity index (χ1n) is 19.6. The molecule has 32 nitrogen and oxygen atoms in total. The number of phenolic OH excluding ortho intramolecular Hbond substituents is 1. The van der Waals surface area contributed by atoms with Gasteiger partial charge < -0.3 is 20.5 Å². The van der Waals surface area contributed by atoms with Gasteiger partial charge in [0.05, 0.1) is 53.0 Å². The summed E-state index contributed by atoms with van der Waals surface area (Å²) in [6.45, 7) is -1.13. The van der Waals surface area contributed by atoms with E-state index in [9.17, 15) is 82.5 Å². The summed E-state index contributed by atoms with van der Waals surface area (Å²) in [5.74, 6) is -4.24. The normalized spacial score (nSPS) is 13.3. The highest BCUT2D eigenvalue weighted by Crippen LogP contribution is 2.48. The van der Waals surface area contributed by atoms with Crippen LogP contribution in [0.5, 0.6) is 11.5 Å². The monoisotopic (exact) mass is 1190 g/mol. The maximum Gasteiger partial charge on any atom is 0.397 e. The molecule has 0 bridgehead atoms. The standard InChI is InChI=1S/C36H36N8O24S7/c1-19(45)38-27-17-29(30(66-3)18-28(27)41-39-24-7-4-20(14-31(24)71(51,52)53)69(47,48)12-10-67-74(60,61)62)42-44-35-33(73(57,58)59)16-23-22(36(35)46)6-9-26(37-2)34(23)43-40-25-8-5-21(15-32(25)72(54,55)56)70(49,50)13-11-68-75(63,64)65/h4-9,14-18,37,46H,10-13H2,1-3H3,(H,38,45)(H,51,52,53)(H,54,55,56)(H,57,58,59)(H,60,61,62)(H,63,64,65)/b41-39+,43-40+,44-42+. The molecule has 0 atom stereocenters. The number of phenols is 1. The molecule has 0 saturated carbocycles. The summed E-state index contributed by atoms with van der Waals surface area (Å²) in [6.07, 6.45) is 0. The number of benzene rings is 5. The van der Waals surface area contributed by atoms with Gasteiger partial charge in [-0.15, -0.1) is 30.7 Å². The van der Waals surface area contributed by atoms with Gasteiger partial charge >= 0.3 is 20.8 Å². The maximum absolute atomic E-state index is 12.9. The first-order chi connectivity index (χ1) is 34.5. The van der Waals surface area contributed by atoms with Crippen LogP contribution >= 0.6 is 0 Å². The highest BCUT2D eigenvalue weighted by Gasteiger charge is 2.28. The van der Waals surface area contributed by atoms with Crippen LogP contribution in [-0.2, 0) is 84.0 Å². The minimum atomic E-state index is -5.41. The van der Waals surface area contributed by atoms with Crippen molar-refractivity contribution in [2.75, 3.05) is 49.5 Å². The molecule has 406 valence electrons. The number of hydrogen-bond acceptors (Lipinski definition) is 26. The second kappa shape index (κ2) is 22.3. The zero-order valence-electron chi connectivity index (χ0n) is 37.8. The van der Waals surface area contributed by atoms with Gasteiger partial charge in [0.2, 0.25) is 5.91 Å². The number of hydrogen-bond donors (Lipinski definition) is 8. The van der Waals surface area contributed by atoms with Gasteiger partial charge in [0, 0.05) is 30.8 Å². The van der Waals surface area contributed by atoms with E-state index < -0.39 is 149 Å². The van der Waals surface area contributed by atoms with Crippen molar-refractivity contribution in [1.82, 2.24) is 0 Å². The number of nitrogens with zero attached hydrogens (tertiary/aromatic N) is 6. The molecule has 5 aromatic carbocycles. The third kappa shape index (κ3) is 15.3. The van der Waals surface area contributed by atoms with Gasteiger partial charge in [0.15, 0.2) is 25.4 Å². The lowest BCUT2D eigenvalue weighted by Crippen LogP contribution is -2.16. The number of carbonyl (C=O) groups is 1. The zero-order valence-corrected chi connectivity index (χ0v) is 43.5. The number of rotatable bonds is 22. The Balaban J connectivity index is 1.61. The minimum absolute atomic E-state index is 0.00132. The summed E-state index contributed by atoms with van der Waals surface area (Å²) in [6, 6.07) is 9.30. The van der Waals surface area contributed by atoms with E-state index in [-0.39, 0.29) is 45.0 Å². The Bertz CT molecular complexity index is 4060. The SMILES string of the molecule is CNc1ccc2c(O)c(/N=N/c3cc(NC(C)=O)c(/N=N/c4ccc(S(=O)(=O)CCOS(=O)(=O)O)cc4S(=O)(=O)O)cc3OC)c(S(=O)(=O)O)cc2c1/N=N/c1ccc(S(=O)(=O)CCOS(=O)(=O)O)cc1S(=O)(=O)O. The fourth-order valence-corrected chi connectivity index (χ4v) is 11.3. The van der Waals surface area contributed by atoms with Gasteiger partial charge in [0.1, 0.15) is 54.6 Å². The molecule has 0 heterocycles. The lowest BCUT2D eigenvalue weighted by Gasteiger charge is -2.13. The first-order valence-corrected chi connectivity index (χ1v) is 30.0. The van der Waals surface area contributed by atoms with E-state index in [0.717, 1.165) is 56.5 Å². The number of amides is 1. The zero-order chi connectivity index (χ0) is 56.3. The van der Waals surface area contributed by atoms with Crippen LogP contribution in [0.15, 0.2) is 122 Å². The molecule has 1 amide bonds. The lowest BCUT2D eigenvalue weighted by atomic mass is 10.1. The van der Waals surface area contributed by atoms with Crippen molar-refractivity contribution in [2.45, 2.75) is 31.4 Å². The van der Waals surface area contributed by atoms with E-state index >= 15 is 0 Å². The predicted octanol–water partition coefficient (Wildman–Crippen LogP) is 4.73. The van der Waals surface area contributed by atoms with Gasteiger partial charge in [-0.3, -0.25) is 27.6 Å². The number of carbonyl (C=O) groups excluding carboxylic acids is 1. The second-order valence-electron chi connectivity index (χ2n) is 14.5. The molecule has 0 aliphatic heterocycles. The largest absolute Gasteiger partial charge is 0.505 e. The van der Waals surface area contributed by atoms with Crippen LogP contribution in [0.4, 0.5) is 45.5 Å². The second-order valence-corrected chi connectivity index (χ2v) is 25.1. The topological polar surface area (TPSA) is 503 Å². The Hall–Kier alpha value is -6.60. The van der Waals surface area contributed by atoms with E-state index in [1.54, 1.807) is 0 Å². The molecule has 75 heavy (non-hydrogen) atoms. The minimum Gasteiger partial charge on any atom is -0.505 e. The van der Waals surface area contributed by atoms with Gasteiger partial charge in [-0.25, -0.2) is 25.2 Å². The molecule has 0 unspecified atom stereocenters. The Morgan fingerprint density at radius 1 is 0.520 bits per heavy atom. The van der Waals surface area contributed by atoms with Crippen molar-refractivity contribution in [3.63, 3.8) is 0 Å². The predicted molar refractivity (Wildman–Crippen MR) is 256 cm³/mol. The number of ether oxygens (including phenoxy) is 1. The number of nitrogens with one attached hydrogen (secondary N) is 2. The summed E-state index contributed by atoms with van der Waals surface area (Å²) >= 11 is 0. The van der Waals surface area contributed by atoms with Crippen molar-refractivity contribution < 1.29 is 105 Å². The van der Waals surface area contributed by atoms with Gasteiger partial charge in [-0.1, -0.05) is 0 Å². The third-order valence-corrected chi connectivity index (χ3v) is 16.4. The van der Waals surface area contributed by atoms with E-state index in [0.29, 0.717) is 12.1 Å². The smallest absolute Gasteiger partial charge is 0.397 e.